The number of hydrogen-bond acceptors (Lipinski definition) is 8. The number of hydrogen-bond donors (Lipinski definition) is 0. The van der Waals surface area contributed by atoms with Crippen LogP contribution in [-0.2, 0) is 18.9 Å². The van der Waals surface area contributed by atoms with Crippen molar-refractivity contribution < 1.29 is 18.9 Å². The smallest absolute Gasteiger partial charge is 0.220 e. The average molecular weight is 383 g/mol. The summed E-state index contributed by atoms with van der Waals surface area (Å²) in [5.74, 6) is 2.40. The Kier molecular flexibility index (Phi) is 8.77. The highest BCUT2D eigenvalue weighted by molar-refractivity contribution is 8.23. The van der Waals surface area contributed by atoms with Crippen LogP contribution in [0.4, 0.5) is 0 Å². The van der Waals surface area contributed by atoms with Gasteiger partial charge in [-0.05, 0) is 43.2 Å². The predicted octanol–water partition coefficient (Wildman–Crippen LogP) is 3.27. The van der Waals surface area contributed by atoms with Crippen molar-refractivity contribution in [3.05, 3.63) is 0 Å². The van der Waals surface area contributed by atoms with E-state index < -0.39 is 0 Å². The molecule has 22 heavy (non-hydrogen) atoms. The quantitative estimate of drug-likeness (QED) is 0.421. The monoisotopic (exact) mass is 382 g/mol. The Morgan fingerprint density at radius 3 is 1.82 bits per heavy atom. The molecular weight excluding hydrogens is 360 g/mol. The zero-order valence-corrected chi connectivity index (χ0v) is 15.9. The number of thiocarbonyl (C=S) groups is 2. The minimum absolute atomic E-state index is 0.131. The third-order valence-electron chi connectivity index (χ3n) is 3.42. The molecule has 8 heteroatoms. The molecule has 0 aliphatic carbocycles. The zero-order valence-electron chi connectivity index (χ0n) is 12.7. The minimum Gasteiger partial charge on any atom is -0.472 e. The first-order valence-corrected chi connectivity index (χ1v) is 10.2. The molecule has 2 fully saturated rings. The first kappa shape index (κ1) is 18.7. The minimum atomic E-state index is 0.131. The van der Waals surface area contributed by atoms with Gasteiger partial charge in [-0.2, -0.15) is 0 Å². The van der Waals surface area contributed by atoms with Crippen molar-refractivity contribution in [2.24, 2.45) is 5.92 Å². The maximum Gasteiger partial charge on any atom is 0.220 e. The molecule has 2 aliphatic heterocycles. The SMILES string of the molecule is CC(CCOCC1CSC(=S)O1)CCOCC1CSC(=S)O1. The second-order valence-electron chi connectivity index (χ2n) is 5.43. The zero-order chi connectivity index (χ0) is 15.8. The van der Waals surface area contributed by atoms with Crippen molar-refractivity contribution in [1.82, 2.24) is 0 Å². The Hall–Kier alpha value is 0.400. The molecule has 2 rings (SSSR count). The highest BCUT2D eigenvalue weighted by Gasteiger charge is 2.22. The van der Waals surface area contributed by atoms with Crippen LogP contribution in [0.5, 0.6) is 0 Å². The molecule has 2 unspecified atom stereocenters. The van der Waals surface area contributed by atoms with Crippen LogP contribution in [0.2, 0.25) is 0 Å². The molecule has 0 aromatic heterocycles. The van der Waals surface area contributed by atoms with E-state index in [4.69, 9.17) is 43.4 Å². The first-order valence-electron chi connectivity index (χ1n) is 7.46. The number of rotatable bonds is 10. The van der Waals surface area contributed by atoms with Gasteiger partial charge in [0.05, 0.1) is 13.2 Å². The van der Waals surface area contributed by atoms with Crippen LogP contribution >= 0.6 is 48.0 Å². The molecule has 0 bridgehead atoms. The predicted molar refractivity (Wildman–Crippen MR) is 99.9 cm³/mol. The maximum absolute atomic E-state index is 5.66. The largest absolute Gasteiger partial charge is 0.472 e. The molecule has 2 saturated heterocycles. The van der Waals surface area contributed by atoms with Crippen LogP contribution in [0.3, 0.4) is 0 Å². The molecule has 0 N–H and O–H groups in total. The summed E-state index contributed by atoms with van der Waals surface area (Å²) in [6, 6.07) is 0. The summed E-state index contributed by atoms with van der Waals surface area (Å²) < 4.78 is 23.5. The molecule has 0 aromatic carbocycles. The molecule has 0 spiro atoms. The Labute approximate surface area is 151 Å². The van der Waals surface area contributed by atoms with Crippen molar-refractivity contribution in [2.75, 3.05) is 37.9 Å². The van der Waals surface area contributed by atoms with E-state index in [1.54, 1.807) is 23.5 Å². The summed E-state index contributed by atoms with van der Waals surface area (Å²) in [6.07, 6.45) is 2.33. The van der Waals surface area contributed by atoms with Gasteiger partial charge in [-0.1, -0.05) is 30.4 Å². The van der Waals surface area contributed by atoms with Gasteiger partial charge in [0.25, 0.3) is 0 Å². The lowest BCUT2D eigenvalue weighted by molar-refractivity contribution is 0.0428. The molecule has 2 heterocycles. The Morgan fingerprint density at radius 1 is 1.00 bits per heavy atom. The lowest BCUT2D eigenvalue weighted by atomic mass is 10.1. The molecule has 2 atom stereocenters. The molecule has 126 valence electrons. The van der Waals surface area contributed by atoms with Crippen molar-refractivity contribution in [1.29, 1.82) is 0 Å². The molecule has 0 saturated carbocycles. The Morgan fingerprint density at radius 2 is 1.45 bits per heavy atom. The molecule has 0 radical (unpaired) electrons. The van der Waals surface area contributed by atoms with E-state index in [1.165, 1.54) is 0 Å². The van der Waals surface area contributed by atoms with E-state index in [-0.39, 0.29) is 12.2 Å². The fraction of sp³-hybridized carbons (Fsp3) is 0.857. The average Bonchev–Trinajstić information content (AvgIpc) is 3.08. The van der Waals surface area contributed by atoms with E-state index >= 15 is 0 Å². The highest BCUT2D eigenvalue weighted by atomic mass is 32.2. The summed E-state index contributed by atoms with van der Waals surface area (Å²) in [7, 11) is 0. The van der Waals surface area contributed by atoms with Gasteiger partial charge in [0.1, 0.15) is 12.2 Å². The van der Waals surface area contributed by atoms with Gasteiger partial charge in [-0.25, -0.2) is 0 Å². The van der Waals surface area contributed by atoms with Gasteiger partial charge in [-0.3, -0.25) is 0 Å². The molecule has 0 amide bonds. The van der Waals surface area contributed by atoms with Crippen molar-refractivity contribution >= 4 is 56.7 Å². The van der Waals surface area contributed by atoms with E-state index in [0.717, 1.165) is 37.6 Å². The lowest BCUT2D eigenvalue weighted by Crippen LogP contribution is -2.19. The van der Waals surface area contributed by atoms with E-state index in [0.29, 0.717) is 27.9 Å². The third-order valence-corrected chi connectivity index (χ3v) is 6.06. The second kappa shape index (κ2) is 10.3. The standard InChI is InChI=1S/C14H22O4S4/c1-10(2-4-15-6-11-8-21-13(19)17-11)3-5-16-7-12-9-22-14(20)18-12/h10-12H,2-9H2,1H3. The fourth-order valence-electron chi connectivity index (χ4n) is 2.04. The summed E-state index contributed by atoms with van der Waals surface area (Å²) in [5.41, 5.74) is 0. The molecule has 0 aromatic rings. The van der Waals surface area contributed by atoms with Crippen LogP contribution in [0.25, 0.3) is 0 Å². The van der Waals surface area contributed by atoms with Crippen molar-refractivity contribution in [2.45, 2.75) is 32.0 Å². The van der Waals surface area contributed by atoms with Crippen LogP contribution in [0, 0.1) is 5.92 Å². The Balaban J connectivity index is 1.40. The number of ether oxygens (including phenoxy) is 4. The van der Waals surface area contributed by atoms with E-state index in [2.05, 4.69) is 6.92 Å². The van der Waals surface area contributed by atoms with Gasteiger partial charge in [0.15, 0.2) is 0 Å². The lowest BCUT2D eigenvalue weighted by Gasteiger charge is -2.14. The fourth-order valence-corrected chi connectivity index (χ4v) is 4.10. The van der Waals surface area contributed by atoms with Crippen LogP contribution in [-0.4, -0.2) is 58.9 Å². The molecule has 2 aliphatic rings. The van der Waals surface area contributed by atoms with Gasteiger partial charge in [-0.15, -0.1) is 0 Å². The van der Waals surface area contributed by atoms with Gasteiger partial charge in [0.2, 0.25) is 8.77 Å². The van der Waals surface area contributed by atoms with Crippen LogP contribution in [0.15, 0.2) is 0 Å². The van der Waals surface area contributed by atoms with Gasteiger partial charge >= 0.3 is 0 Å². The first-order chi connectivity index (χ1) is 10.6. The normalized spacial score (nSPS) is 26.0. The molecular formula is C14H22O4S4. The summed E-state index contributed by atoms with van der Waals surface area (Å²) in [5, 5.41) is 0. The van der Waals surface area contributed by atoms with Gasteiger partial charge < -0.3 is 18.9 Å². The van der Waals surface area contributed by atoms with Crippen LogP contribution < -0.4 is 0 Å². The summed E-state index contributed by atoms with van der Waals surface area (Å²) in [4.78, 5) is 0. The van der Waals surface area contributed by atoms with Gasteiger partial charge in [0, 0.05) is 24.7 Å². The Bertz CT molecular complexity index is 346. The third kappa shape index (κ3) is 7.31. The molecule has 4 nitrogen and oxygen atoms in total. The van der Waals surface area contributed by atoms with Crippen LogP contribution in [0.1, 0.15) is 19.8 Å². The topological polar surface area (TPSA) is 36.9 Å². The van der Waals surface area contributed by atoms with E-state index in [9.17, 15) is 0 Å². The van der Waals surface area contributed by atoms with E-state index in [1.807, 2.05) is 0 Å². The van der Waals surface area contributed by atoms with Crippen molar-refractivity contribution in [3.63, 3.8) is 0 Å². The highest BCUT2D eigenvalue weighted by Crippen LogP contribution is 2.21. The maximum atomic E-state index is 5.66. The second-order valence-corrected chi connectivity index (χ2v) is 8.68. The summed E-state index contributed by atoms with van der Waals surface area (Å²) in [6.45, 7) is 5.00. The van der Waals surface area contributed by atoms with Crippen molar-refractivity contribution in [3.8, 4) is 0 Å². The summed E-state index contributed by atoms with van der Waals surface area (Å²) >= 11 is 13.1. The number of thioether (sulfide) groups is 2.